The monoisotopic (exact) mass is 233 g/mol. The van der Waals surface area contributed by atoms with Gasteiger partial charge in [0.05, 0.1) is 0 Å². The fourth-order valence-electron chi connectivity index (χ4n) is 1.12. The quantitative estimate of drug-likeness (QED) is 0.696. The van der Waals surface area contributed by atoms with Crippen molar-refractivity contribution in [2.75, 3.05) is 12.0 Å². The van der Waals surface area contributed by atoms with E-state index >= 15 is 0 Å². The molecular weight excluding hydrogens is 214 g/mol. The van der Waals surface area contributed by atoms with Crippen molar-refractivity contribution in [1.82, 2.24) is 5.32 Å². The third kappa shape index (κ3) is 7.25. The molecule has 0 aromatic carbocycles. The van der Waals surface area contributed by atoms with Gasteiger partial charge in [-0.3, -0.25) is 4.79 Å². The summed E-state index contributed by atoms with van der Waals surface area (Å²) in [7, 11) is 0. The van der Waals surface area contributed by atoms with E-state index in [0.717, 1.165) is 5.75 Å². The second-order valence-electron chi connectivity index (χ2n) is 3.84. The minimum Gasteiger partial charge on any atom is -0.480 e. The van der Waals surface area contributed by atoms with Crippen LogP contribution in [0.5, 0.6) is 0 Å². The van der Waals surface area contributed by atoms with Crippen LogP contribution < -0.4 is 5.32 Å². The van der Waals surface area contributed by atoms with E-state index in [1.165, 1.54) is 0 Å². The number of amides is 1. The van der Waals surface area contributed by atoms with Gasteiger partial charge in [0.15, 0.2) is 0 Å². The minimum atomic E-state index is -0.957. The van der Waals surface area contributed by atoms with Gasteiger partial charge in [-0.25, -0.2) is 4.79 Å². The number of nitrogens with one attached hydrogen (secondary N) is 1. The molecule has 0 aromatic heterocycles. The molecule has 0 unspecified atom stereocenters. The molecule has 0 saturated carbocycles. The number of carboxylic acid groups (broad SMARTS) is 1. The molecule has 0 spiro atoms. The third-order valence-electron chi connectivity index (χ3n) is 1.84. The lowest BCUT2D eigenvalue weighted by atomic mass is 10.1. The predicted octanol–water partition coefficient (Wildman–Crippen LogP) is 1.35. The van der Waals surface area contributed by atoms with Crippen LogP contribution in [-0.4, -0.2) is 35.0 Å². The molecule has 0 aliphatic carbocycles. The lowest BCUT2D eigenvalue weighted by Crippen LogP contribution is -2.41. The van der Waals surface area contributed by atoms with Crippen LogP contribution in [0.15, 0.2) is 0 Å². The number of aliphatic carboxylic acids is 1. The predicted molar refractivity (Wildman–Crippen MR) is 62.0 cm³/mol. The standard InChI is InChI=1S/C10H19NO3S/c1-7(2)6-9(12)11-8(10(13)14)4-5-15-3/h7-8H,4-6H2,1-3H3,(H,11,12)(H,13,14)/t8-/m0/s1. The molecule has 0 rings (SSSR count). The smallest absolute Gasteiger partial charge is 0.326 e. The van der Waals surface area contributed by atoms with E-state index in [4.69, 9.17) is 5.11 Å². The number of thioether (sulfide) groups is 1. The zero-order valence-corrected chi connectivity index (χ0v) is 10.3. The first-order valence-electron chi connectivity index (χ1n) is 4.98. The van der Waals surface area contributed by atoms with E-state index in [2.05, 4.69) is 5.32 Å². The molecule has 0 saturated heterocycles. The molecule has 5 heteroatoms. The van der Waals surface area contributed by atoms with Crippen molar-refractivity contribution in [3.63, 3.8) is 0 Å². The Labute approximate surface area is 94.8 Å². The second kappa shape index (κ2) is 7.56. The van der Waals surface area contributed by atoms with E-state index in [-0.39, 0.29) is 11.8 Å². The van der Waals surface area contributed by atoms with Crippen LogP contribution in [0.1, 0.15) is 26.7 Å². The van der Waals surface area contributed by atoms with Crippen molar-refractivity contribution in [2.45, 2.75) is 32.7 Å². The van der Waals surface area contributed by atoms with Crippen LogP contribution in [-0.2, 0) is 9.59 Å². The molecule has 0 aliphatic heterocycles. The van der Waals surface area contributed by atoms with E-state index in [0.29, 0.717) is 12.8 Å². The molecule has 1 amide bonds. The van der Waals surface area contributed by atoms with Crippen LogP contribution in [0.3, 0.4) is 0 Å². The molecule has 0 aromatic rings. The first-order valence-corrected chi connectivity index (χ1v) is 6.37. The summed E-state index contributed by atoms with van der Waals surface area (Å²) in [6.07, 6.45) is 2.76. The fourth-order valence-corrected chi connectivity index (χ4v) is 1.59. The molecular formula is C10H19NO3S. The van der Waals surface area contributed by atoms with Gasteiger partial charge in [-0.2, -0.15) is 11.8 Å². The van der Waals surface area contributed by atoms with Crippen molar-refractivity contribution in [1.29, 1.82) is 0 Å². The zero-order chi connectivity index (χ0) is 11.8. The normalized spacial score (nSPS) is 12.5. The Morgan fingerprint density at radius 1 is 1.40 bits per heavy atom. The van der Waals surface area contributed by atoms with Gasteiger partial charge in [-0.05, 0) is 24.3 Å². The lowest BCUT2D eigenvalue weighted by Gasteiger charge is -2.14. The van der Waals surface area contributed by atoms with Crippen molar-refractivity contribution < 1.29 is 14.7 Å². The van der Waals surface area contributed by atoms with Crippen LogP contribution in [0, 0.1) is 5.92 Å². The minimum absolute atomic E-state index is 0.182. The Morgan fingerprint density at radius 3 is 2.40 bits per heavy atom. The van der Waals surface area contributed by atoms with E-state index in [9.17, 15) is 9.59 Å². The van der Waals surface area contributed by atoms with Crippen molar-refractivity contribution in [2.24, 2.45) is 5.92 Å². The Morgan fingerprint density at radius 2 is 2.00 bits per heavy atom. The molecule has 88 valence electrons. The average Bonchev–Trinajstić information content (AvgIpc) is 2.10. The van der Waals surface area contributed by atoms with Gasteiger partial charge in [-0.15, -0.1) is 0 Å². The summed E-state index contributed by atoms with van der Waals surface area (Å²) >= 11 is 1.57. The molecule has 15 heavy (non-hydrogen) atoms. The maximum atomic E-state index is 11.4. The number of rotatable bonds is 7. The van der Waals surface area contributed by atoms with Crippen molar-refractivity contribution in [3.05, 3.63) is 0 Å². The number of carboxylic acids is 1. The summed E-state index contributed by atoms with van der Waals surface area (Å²) in [6, 6.07) is -0.747. The maximum Gasteiger partial charge on any atom is 0.326 e. The SMILES string of the molecule is CSCC[C@H](NC(=O)CC(C)C)C(=O)O. The van der Waals surface area contributed by atoms with Gasteiger partial charge in [-0.1, -0.05) is 13.8 Å². The molecule has 0 radical (unpaired) electrons. The van der Waals surface area contributed by atoms with Crippen LogP contribution >= 0.6 is 11.8 Å². The Hall–Kier alpha value is -0.710. The fraction of sp³-hybridized carbons (Fsp3) is 0.800. The van der Waals surface area contributed by atoms with Crippen molar-refractivity contribution in [3.8, 4) is 0 Å². The third-order valence-corrected chi connectivity index (χ3v) is 2.48. The summed E-state index contributed by atoms with van der Waals surface area (Å²) in [5.41, 5.74) is 0. The highest BCUT2D eigenvalue weighted by Gasteiger charge is 2.19. The van der Waals surface area contributed by atoms with Gasteiger partial charge in [0.2, 0.25) is 5.91 Å². The van der Waals surface area contributed by atoms with E-state index in [1.54, 1.807) is 11.8 Å². The van der Waals surface area contributed by atoms with Crippen LogP contribution in [0.25, 0.3) is 0 Å². The zero-order valence-electron chi connectivity index (χ0n) is 9.45. The maximum absolute atomic E-state index is 11.4. The number of carbonyl (C=O) groups excluding carboxylic acids is 1. The van der Waals surface area contributed by atoms with Crippen LogP contribution in [0.4, 0.5) is 0 Å². The Kier molecular flexibility index (Phi) is 7.21. The lowest BCUT2D eigenvalue weighted by molar-refractivity contribution is -0.142. The summed E-state index contributed by atoms with van der Waals surface area (Å²) in [5.74, 6) is -0.154. The van der Waals surface area contributed by atoms with Crippen LogP contribution in [0.2, 0.25) is 0 Å². The van der Waals surface area contributed by atoms with Gasteiger partial charge in [0.25, 0.3) is 0 Å². The summed E-state index contributed by atoms with van der Waals surface area (Å²) in [4.78, 5) is 22.2. The number of hydrogen-bond acceptors (Lipinski definition) is 3. The molecule has 1 atom stereocenters. The molecule has 0 aliphatic rings. The molecule has 4 nitrogen and oxygen atoms in total. The highest BCUT2D eigenvalue weighted by atomic mass is 32.2. The largest absolute Gasteiger partial charge is 0.480 e. The number of carbonyl (C=O) groups is 2. The summed E-state index contributed by atoms with van der Waals surface area (Å²) < 4.78 is 0. The van der Waals surface area contributed by atoms with Gasteiger partial charge in [0, 0.05) is 6.42 Å². The van der Waals surface area contributed by atoms with E-state index in [1.807, 2.05) is 20.1 Å². The van der Waals surface area contributed by atoms with Gasteiger partial charge < -0.3 is 10.4 Å². The molecule has 0 fully saturated rings. The summed E-state index contributed by atoms with van der Waals surface area (Å²) in [6.45, 7) is 3.86. The first kappa shape index (κ1) is 14.3. The first-order chi connectivity index (χ1) is 6.97. The topological polar surface area (TPSA) is 66.4 Å². The highest BCUT2D eigenvalue weighted by Crippen LogP contribution is 2.03. The highest BCUT2D eigenvalue weighted by molar-refractivity contribution is 7.98. The molecule has 0 heterocycles. The molecule has 2 N–H and O–H groups in total. The van der Waals surface area contributed by atoms with E-state index < -0.39 is 12.0 Å². The average molecular weight is 233 g/mol. The second-order valence-corrected chi connectivity index (χ2v) is 4.82. The number of hydrogen-bond donors (Lipinski definition) is 2. The van der Waals surface area contributed by atoms with Gasteiger partial charge in [0.1, 0.15) is 6.04 Å². The Balaban J connectivity index is 4.04. The van der Waals surface area contributed by atoms with Gasteiger partial charge >= 0.3 is 5.97 Å². The summed E-state index contributed by atoms with van der Waals surface area (Å²) in [5, 5.41) is 11.4. The molecule has 0 bridgehead atoms. The Bertz CT molecular complexity index is 219. The van der Waals surface area contributed by atoms with Crippen molar-refractivity contribution >= 4 is 23.6 Å².